The molecule has 1 saturated carbocycles. The average Bonchev–Trinajstić information content (AvgIpc) is 3.03. The number of ether oxygens (including phenoxy) is 3. The predicted molar refractivity (Wildman–Crippen MR) is 89.5 cm³/mol. The second-order valence-corrected chi connectivity index (χ2v) is 6.85. The van der Waals surface area contributed by atoms with Crippen molar-refractivity contribution in [1.82, 2.24) is 5.32 Å². The average molecular weight is 384 g/mol. The molecule has 5 nitrogen and oxygen atoms in total. The lowest BCUT2D eigenvalue weighted by atomic mass is 9.86. The monoisotopic (exact) mass is 383 g/mol. The lowest BCUT2D eigenvalue weighted by molar-refractivity contribution is -0.149. The van der Waals surface area contributed by atoms with Gasteiger partial charge < -0.3 is 19.5 Å². The van der Waals surface area contributed by atoms with E-state index in [1.807, 2.05) is 13.0 Å². The normalized spacial score (nSPS) is 22.9. The van der Waals surface area contributed by atoms with Crippen LogP contribution < -0.4 is 14.8 Å². The molecule has 0 unspecified atom stereocenters. The highest BCUT2D eigenvalue weighted by atomic mass is 79.9. The summed E-state index contributed by atoms with van der Waals surface area (Å²) in [6.45, 7) is 3.39. The molecule has 0 amide bonds. The van der Waals surface area contributed by atoms with Crippen molar-refractivity contribution >= 4 is 21.9 Å². The number of carbonyl (C=O) groups is 1. The van der Waals surface area contributed by atoms with Crippen LogP contribution in [-0.4, -0.2) is 25.4 Å². The molecule has 1 aliphatic carbocycles. The van der Waals surface area contributed by atoms with E-state index in [-0.39, 0.29) is 18.7 Å². The minimum Gasteiger partial charge on any atom is -0.466 e. The molecule has 0 saturated heterocycles. The standard InChI is InChI=1S/C17H22BrNO4/c1-2-21-17(20)12-3-5-13(6-4-12)19-9-11-7-14(18)16-15(8-11)22-10-23-16/h7-8,12-13,19H,2-6,9-10H2,1H3. The second-order valence-electron chi connectivity index (χ2n) is 5.99. The van der Waals surface area contributed by atoms with E-state index in [1.54, 1.807) is 0 Å². The van der Waals surface area contributed by atoms with Crippen LogP contribution in [0.3, 0.4) is 0 Å². The maximum absolute atomic E-state index is 11.8. The molecule has 23 heavy (non-hydrogen) atoms. The molecular weight excluding hydrogens is 362 g/mol. The van der Waals surface area contributed by atoms with Gasteiger partial charge in [0.15, 0.2) is 11.5 Å². The second kappa shape index (κ2) is 7.53. The Hall–Kier alpha value is -1.27. The van der Waals surface area contributed by atoms with Crippen LogP contribution in [0.1, 0.15) is 38.2 Å². The third-order valence-electron chi connectivity index (χ3n) is 4.43. The highest BCUT2D eigenvalue weighted by molar-refractivity contribution is 9.10. The summed E-state index contributed by atoms with van der Waals surface area (Å²) >= 11 is 3.52. The zero-order valence-corrected chi connectivity index (χ0v) is 14.9. The molecule has 0 radical (unpaired) electrons. The molecule has 0 atom stereocenters. The summed E-state index contributed by atoms with van der Waals surface area (Å²) < 4.78 is 16.9. The van der Waals surface area contributed by atoms with E-state index in [1.165, 1.54) is 0 Å². The molecule has 0 aromatic heterocycles. The number of carbonyl (C=O) groups excluding carboxylic acids is 1. The van der Waals surface area contributed by atoms with Crippen LogP contribution in [0.5, 0.6) is 11.5 Å². The van der Waals surface area contributed by atoms with Crippen molar-refractivity contribution in [3.63, 3.8) is 0 Å². The van der Waals surface area contributed by atoms with E-state index < -0.39 is 0 Å². The molecule has 3 rings (SSSR count). The first kappa shape index (κ1) is 16.6. The fraction of sp³-hybridized carbons (Fsp3) is 0.588. The van der Waals surface area contributed by atoms with E-state index in [0.717, 1.165) is 53.8 Å². The Kier molecular flexibility index (Phi) is 5.43. The van der Waals surface area contributed by atoms with Gasteiger partial charge >= 0.3 is 5.97 Å². The van der Waals surface area contributed by atoms with Crippen molar-refractivity contribution in [2.75, 3.05) is 13.4 Å². The Balaban J connectivity index is 1.49. The zero-order chi connectivity index (χ0) is 16.2. The van der Waals surface area contributed by atoms with Crippen molar-refractivity contribution in [2.45, 2.75) is 45.2 Å². The number of hydrogen-bond donors (Lipinski definition) is 1. The molecule has 1 aliphatic heterocycles. The number of esters is 1. The molecule has 0 spiro atoms. The van der Waals surface area contributed by atoms with Gasteiger partial charge in [-0.2, -0.15) is 0 Å². The summed E-state index contributed by atoms with van der Waals surface area (Å²) in [4.78, 5) is 11.8. The van der Waals surface area contributed by atoms with Gasteiger partial charge in [-0.05, 0) is 66.2 Å². The van der Waals surface area contributed by atoms with Gasteiger partial charge in [-0.3, -0.25) is 4.79 Å². The molecule has 0 bridgehead atoms. The summed E-state index contributed by atoms with van der Waals surface area (Å²) in [7, 11) is 0. The van der Waals surface area contributed by atoms with Gasteiger partial charge in [-0.25, -0.2) is 0 Å². The van der Waals surface area contributed by atoms with Gasteiger partial charge in [0.25, 0.3) is 0 Å². The van der Waals surface area contributed by atoms with Crippen LogP contribution in [0.4, 0.5) is 0 Å². The minimum atomic E-state index is -0.0364. The van der Waals surface area contributed by atoms with Crippen molar-refractivity contribution in [2.24, 2.45) is 5.92 Å². The third kappa shape index (κ3) is 3.98. The molecular formula is C17H22BrNO4. The van der Waals surface area contributed by atoms with Crippen LogP contribution in [0.2, 0.25) is 0 Å². The molecule has 126 valence electrons. The predicted octanol–water partition coefficient (Wildman–Crippen LogP) is 3.39. The zero-order valence-electron chi connectivity index (χ0n) is 13.3. The van der Waals surface area contributed by atoms with E-state index >= 15 is 0 Å². The minimum absolute atomic E-state index is 0.0364. The Morgan fingerprint density at radius 3 is 2.83 bits per heavy atom. The Bertz CT molecular complexity index is 570. The maximum atomic E-state index is 11.8. The molecule has 1 N–H and O–H groups in total. The lowest BCUT2D eigenvalue weighted by Crippen LogP contribution is -2.35. The molecule has 1 heterocycles. The summed E-state index contributed by atoms with van der Waals surface area (Å²) in [5, 5.41) is 3.58. The lowest BCUT2D eigenvalue weighted by Gasteiger charge is -2.28. The number of nitrogens with one attached hydrogen (secondary N) is 1. The van der Waals surface area contributed by atoms with E-state index in [4.69, 9.17) is 14.2 Å². The summed E-state index contributed by atoms with van der Waals surface area (Å²) in [5.41, 5.74) is 1.16. The number of rotatable bonds is 5. The van der Waals surface area contributed by atoms with Gasteiger partial charge in [-0.1, -0.05) is 0 Å². The molecule has 6 heteroatoms. The van der Waals surface area contributed by atoms with Gasteiger partial charge in [0.2, 0.25) is 6.79 Å². The van der Waals surface area contributed by atoms with Crippen molar-refractivity contribution in [1.29, 1.82) is 0 Å². The van der Waals surface area contributed by atoms with Crippen molar-refractivity contribution < 1.29 is 19.0 Å². The summed E-state index contributed by atoms with van der Waals surface area (Å²) in [6, 6.07) is 4.53. The summed E-state index contributed by atoms with van der Waals surface area (Å²) in [5.74, 6) is 1.62. The first-order valence-corrected chi connectivity index (χ1v) is 8.94. The largest absolute Gasteiger partial charge is 0.466 e. The quantitative estimate of drug-likeness (QED) is 0.789. The van der Waals surface area contributed by atoms with Crippen molar-refractivity contribution in [3.05, 3.63) is 22.2 Å². The SMILES string of the molecule is CCOC(=O)C1CCC(NCc2cc(Br)c3c(c2)OCO3)CC1. The van der Waals surface area contributed by atoms with Crippen LogP contribution in [0.15, 0.2) is 16.6 Å². The Labute approximate surface area is 144 Å². The highest BCUT2D eigenvalue weighted by Gasteiger charge is 2.27. The Morgan fingerprint density at radius 1 is 1.30 bits per heavy atom. The number of halogens is 1. The highest BCUT2D eigenvalue weighted by Crippen LogP contribution is 2.40. The number of fused-ring (bicyclic) bond motifs is 1. The van der Waals surface area contributed by atoms with Crippen LogP contribution in [0.25, 0.3) is 0 Å². The number of benzene rings is 1. The maximum Gasteiger partial charge on any atom is 0.308 e. The molecule has 2 aliphatic rings. The van der Waals surface area contributed by atoms with Gasteiger partial charge in [-0.15, -0.1) is 0 Å². The van der Waals surface area contributed by atoms with Gasteiger partial charge in [0.1, 0.15) is 0 Å². The third-order valence-corrected chi connectivity index (χ3v) is 5.02. The van der Waals surface area contributed by atoms with Crippen LogP contribution in [0, 0.1) is 5.92 Å². The number of hydrogen-bond acceptors (Lipinski definition) is 5. The molecule has 1 fully saturated rings. The first-order valence-electron chi connectivity index (χ1n) is 8.15. The van der Waals surface area contributed by atoms with Gasteiger partial charge in [0.05, 0.1) is 17.0 Å². The fourth-order valence-electron chi connectivity index (χ4n) is 3.18. The fourth-order valence-corrected chi connectivity index (χ4v) is 3.78. The summed E-state index contributed by atoms with van der Waals surface area (Å²) in [6.07, 6.45) is 3.83. The van der Waals surface area contributed by atoms with Crippen molar-refractivity contribution in [3.8, 4) is 11.5 Å². The molecule has 1 aromatic carbocycles. The van der Waals surface area contributed by atoms with E-state index in [0.29, 0.717) is 12.6 Å². The van der Waals surface area contributed by atoms with Crippen LogP contribution >= 0.6 is 15.9 Å². The smallest absolute Gasteiger partial charge is 0.308 e. The van der Waals surface area contributed by atoms with Gasteiger partial charge in [0, 0.05) is 12.6 Å². The van der Waals surface area contributed by atoms with E-state index in [2.05, 4.69) is 27.3 Å². The molecule has 1 aromatic rings. The first-order chi connectivity index (χ1) is 11.2. The van der Waals surface area contributed by atoms with Crippen LogP contribution in [-0.2, 0) is 16.1 Å². The van der Waals surface area contributed by atoms with E-state index in [9.17, 15) is 4.79 Å². The Morgan fingerprint density at radius 2 is 2.09 bits per heavy atom. The topological polar surface area (TPSA) is 56.8 Å².